The van der Waals surface area contributed by atoms with Gasteiger partial charge in [0.05, 0.1) is 16.0 Å². The maximum absolute atomic E-state index is 13.8. The molecule has 3 rings (SSSR count). The number of hydrogen-bond donors (Lipinski definition) is 2. The molecule has 4 nitrogen and oxygen atoms in total. The van der Waals surface area contributed by atoms with E-state index < -0.39 is 0 Å². The molecular weight excluding hydrogens is 479 g/mol. The highest BCUT2D eigenvalue weighted by Gasteiger charge is 2.35. The zero-order valence-corrected chi connectivity index (χ0v) is 22.2. The fraction of sp³-hybridized carbons (Fsp3) is 0.345. The van der Waals surface area contributed by atoms with Crippen molar-refractivity contribution in [2.75, 3.05) is 25.6 Å². The molecule has 3 unspecified atom stereocenters. The number of nitrogens with two attached hydrogens (primary N) is 1. The Kier molecular flexibility index (Phi) is 12.9. The number of benzene rings is 3. The number of nitrogens with one attached hydrogen (secondary N) is 1. The summed E-state index contributed by atoms with van der Waals surface area (Å²) < 4.78 is 4.54. The Morgan fingerprint density at radius 3 is 2.06 bits per heavy atom. The summed E-state index contributed by atoms with van der Waals surface area (Å²) in [5.74, 6) is -0.105. The van der Waals surface area contributed by atoms with Gasteiger partial charge in [-0.3, -0.25) is 4.79 Å². The minimum absolute atomic E-state index is 0.0832. The van der Waals surface area contributed by atoms with E-state index in [1.54, 1.807) is 19.2 Å². The van der Waals surface area contributed by atoms with E-state index in [2.05, 4.69) is 17.0 Å². The lowest BCUT2D eigenvalue weighted by molar-refractivity contribution is 0.0937. The van der Waals surface area contributed by atoms with Gasteiger partial charge in [0.1, 0.15) is 0 Å². The van der Waals surface area contributed by atoms with Crippen LogP contribution < -0.4 is 11.1 Å². The second kappa shape index (κ2) is 15.6. The Hall–Kier alpha value is -2.37. The molecule has 0 aliphatic rings. The number of carbonyl (C=O) groups excluding carboxylic acids is 1. The van der Waals surface area contributed by atoms with E-state index in [0.717, 1.165) is 30.7 Å². The second-order valence-corrected chi connectivity index (χ2v) is 9.06. The van der Waals surface area contributed by atoms with Gasteiger partial charge in [-0.25, -0.2) is 0 Å². The first-order chi connectivity index (χ1) is 17.0. The topological polar surface area (TPSA) is 64.3 Å². The molecule has 0 aliphatic heterocycles. The van der Waals surface area contributed by atoms with Crippen LogP contribution in [0.2, 0.25) is 10.0 Å². The smallest absolute Gasteiger partial charge is 0.172 e. The number of methoxy groups -OCH3 is 1. The number of anilines is 1. The standard InChI is InChI=1S/C26H28Cl2N2O.C3H8O/c1-2-18(15-16-29)25(30-21-13-14-22(27)23(28)17-21)24(19-9-5-3-6-10-19)26(31)20-11-7-4-8-12-20;1-3-4-2/h3-14,17-18,24-25,30H,2,15-16,29H2,1H3;3H2,1-2H3. The average Bonchev–Trinajstić information content (AvgIpc) is 2.90. The van der Waals surface area contributed by atoms with Gasteiger partial charge in [0.25, 0.3) is 0 Å². The maximum atomic E-state index is 13.8. The van der Waals surface area contributed by atoms with Gasteiger partial charge in [-0.15, -0.1) is 0 Å². The van der Waals surface area contributed by atoms with E-state index in [9.17, 15) is 4.79 Å². The van der Waals surface area contributed by atoms with Crippen LogP contribution >= 0.6 is 23.2 Å². The van der Waals surface area contributed by atoms with E-state index >= 15 is 0 Å². The van der Waals surface area contributed by atoms with Crippen molar-refractivity contribution in [2.45, 2.75) is 38.6 Å². The predicted octanol–water partition coefficient (Wildman–Crippen LogP) is 7.47. The molecule has 3 aromatic rings. The molecule has 188 valence electrons. The zero-order chi connectivity index (χ0) is 25.6. The molecule has 0 fully saturated rings. The summed E-state index contributed by atoms with van der Waals surface area (Å²) in [5.41, 5.74) is 8.46. The summed E-state index contributed by atoms with van der Waals surface area (Å²) in [6.07, 6.45) is 1.70. The van der Waals surface area contributed by atoms with Gasteiger partial charge < -0.3 is 15.8 Å². The molecule has 0 heterocycles. The van der Waals surface area contributed by atoms with E-state index in [1.807, 2.05) is 73.7 Å². The van der Waals surface area contributed by atoms with Crippen LogP contribution in [0.25, 0.3) is 0 Å². The van der Waals surface area contributed by atoms with Crippen molar-refractivity contribution in [1.82, 2.24) is 0 Å². The molecule has 0 aliphatic carbocycles. The summed E-state index contributed by atoms with van der Waals surface area (Å²) in [4.78, 5) is 13.8. The van der Waals surface area contributed by atoms with Crippen molar-refractivity contribution < 1.29 is 9.53 Å². The van der Waals surface area contributed by atoms with Gasteiger partial charge in [0, 0.05) is 31.0 Å². The third-order valence-corrected chi connectivity index (χ3v) is 6.71. The monoisotopic (exact) mass is 514 g/mol. The molecule has 3 aromatic carbocycles. The summed E-state index contributed by atoms with van der Waals surface area (Å²) in [6, 6.07) is 24.7. The second-order valence-electron chi connectivity index (χ2n) is 8.24. The van der Waals surface area contributed by atoms with Crippen molar-refractivity contribution in [2.24, 2.45) is 11.7 Å². The number of ether oxygens (including phenoxy) is 1. The molecule has 0 radical (unpaired) electrons. The molecule has 3 atom stereocenters. The lowest BCUT2D eigenvalue weighted by Crippen LogP contribution is -2.40. The Balaban J connectivity index is 0.00000100. The third-order valence-electron chi connectivity index (χ3n) is 5.97. The van der Waals surface area contributed by atoms with Gasteiger partial charge in [-0.05, 0) is 49.6 Å². The molecule has 0 saturated heterocycles. The number of ketones is 1. The molecule has 3 N–H and O–H groups in total. The Morgan fingerprint density at radius 1 is 0.943 bits per heavy atom. The Labute approximate surface area is 219 Å². The van der Waals surface area contributed by atoms with Crippen molar-refractivity contribution in [3.05, 3.63) is 100 Å². The lowest BCUT2D eigenvalue weighted by Gasteiger charge is -2.34. The molecule has 35 heavy (non-hydrogen) atoms. The quantitative estimate of drug-likeness (QED) is 0.260. The molecule has 0 bridgehead atoms. The van der Waals surface area contributed by atoms with Crippen LogP contribution in [0.4, 0.5) is 5.69 Å². The SMILES string of the molecule is CCC(CCN)C(Nc1ccc(Cl)c(Cl)c1)C(C(=O)c1ccccc1)c1ccccc1.CCOC. The average molecular weight is 516 g/mol. The van der Waals surface area contributed by atoms with Crippen LogP contribution in [0.5, 0.6) is 0 Å². The number of carbonyl (C=O) groups is 1. The van der Waals surface area contributed by atoms with Gasteiger partial charge in [0.15, 0.2) is 5.78 Å². The van der Waals surface area contributed by atoms with E-state index in [-0.39, 0.29) is 23.7 Å². The third kappa shape index (κ3) is 8.66. The fourth-order valence-electron chi connectivity index (χ4n) is 4.07. The first-order valence-electron chi connectivity index (χ1n) is 12.0. The van der Waals surface area contributed by atoms with Crippen LogP contribution in [0.3, 0.4) is 0 Å². The van der Waals surface area contributed by atoms with Crippen LogP contribution in [-0.4, -0.2) is 32.1 Å². The fourth-order valence-corrected chi connectivity index (χ4v) is 4.37. The lowest BCUT2D eigenvalue weighted by atomic mass is 9.77. The zero-order valence-electron chi connectivity index (χ0n) is 20.7. The van der Waals surface area contributed by atoms with E-state index in [4.69, 9.17) is 28.9 Å². The minimum atomic E-state index is -0.380. The first-order valence-corrected chi connectivity index (χ1v) is 12.8. The van der Waals surface area contributed by atoms with Crippen LogP contribution in [-0.2, 0) is 4.74 Å². The van der Waals surface area contributed by atoms with E-state index in [0.29, 0.717) is 22.2 Å². The molecule has 6 heteroatoms. The van der Waals surface area contributed by atoms with E-state index in [1.165, 1.54) is 0 Å². The normalized spacial score (nSPS) is 13.2. The summed E-state index contributed by atoms with van der Waals surface area (Å²) in [6.45, 7) is 5.47. The Bertz CT molecular complexity index is 1010. The summed E-state index contributed by atoms with van der Waals surface area (Å²) in [5, 5.41) is 4.59. The first kappa shape index (κ1) is 28.9. The Morgan fingerprint density at radius 2 is 1.54 bits per heavy atom. The van der Waals surface area contributed by atoms with Crippen molar-refractivity contribution >= 4 is 34.7 Å². The van der Waals surface area contributed by atoms with Gasteiger partial charge in [0.2, 0.25) is 0 Å². The van der Waals surface area contributed by atoms with Gasteiger partial charge in [-0.2, -0.15) is 0 Å². The molecule has 0 aromatic heterocycles. The van der Waals surface area contributed by atoms with Crippen molar-refractivity contribution in [3.63, 3.8) is 0 Å². The number of halogens is 2. The number of Topliss-reactive ketones (excluding diaryl/α,β-unsaturated/α-hetero) is 1. The molecule has 0 amide bonds. The summed E-state index contributed by atoms with van der Waals surface area (Å²) >= 11 is 12.4. The largest absolute Gasteiger partial charge is 0.385 e. The highest BCUT2D eigenvalue weighted by atomic mass is 35.5. The molecular formula is C29H36Cl2N2O2. The molecule has 0 spiro atoms. The minimum Gasteiger partial charge on any atom is -0.385 e. The maximum Gasteiger partial charge on any atom is 0.172 e. The molecule has 0 saturated carbocycles. The summed E-state index contributed by atoms with van der Waals surface area (Å²) in [7, 11) is 1.68. The predicted molar refractivity (Wildman–Crippen MR) is 149 cm³/mol. The van der Waals surface area contributed by atoms with Crippen LogP contribution in [0, 0.1) is 5.92 Å². The van der Waals surface area contributed by atoms with Gasteiger partial charge >= 0.3 is 0 Å². The van der Waals surface area contributed by atoms with Crippen LogP contribution in [0.1, 0.15) is 48.5 Å². The number of rotatable bonds is 11. The van der Waals surface area contributed by atoms with Gasteiger partial charge in [-0.1, -0.05) is 97.2 Å². The highest BCUT2D eigenvalue weighted by molar-refractivity contribution is 6.42. The van der Waals surface area contributed by atoms with Crippen LogP contribution in [0.15, 0.2) is 78.9 Å². The highest BCUT2D eigenvalue weighted by Crippen LogP contribution is 2.35. The number of hydrogen-bond acceptors (Lipinski definition) is 4. The van der Waals surface area contributed by atoms with Crippen molar-refractivity contribution in [1.29, 1.82) is 0 Å². The van der Waals surface area contributed by atoms with Crippen molar-refractivity contribution in [3.8, 4) is 0 Å².